The molecule has 0 amide bonds. The molecule has 0 atom stereocenters. The van der Waals surface area contributed by atoms with Crippen molar-refractivity contribution >= 4 is 0 Å². The van der Waals surface area contributed by atoms with Crippen LogP contribution in [-0.4, -0.2) is 28.8 Å². The molecule has 0 aromatic carbocycles. The highest BCUT2D eigenvalue weighted by Gasteiger charge is 2.18. The highest BCUT2D eigenvalue weighted by atomic mass is 16.5. The number of rotatable bonds is 4. The summed E-state index contributed by atoms with van der Waals surface area (Å²) in [6.07, 6.45) is 8.19. The second-order valence-corrected chi connectivity index (χ2v) is 5.76. The van der Waals surface area contributed by atoms with Gasteiger partial charge in [0, 0.05) is 31.7 Å². The average molecular weight is 263 g/mol. The minimum Gasteiger partial charge on any atom is -0.376 e. The molecule has 0 unspecified atom stereocenters. The van der Waals surface area contributed by atoms with Crippen LogP contribution in [0.3, 0.4) is 0 Å². The fourth-order valence-corrected chi connectivity index (χ4v) is 3.34. The summed E-state index contributed by atoms with van der Waals surface area (Å²) in [6.45, 7) is 5.90. The Labute approximate surface area is 115 Å². The molecule has 0 saturated heterocycles. The number of fused-ring (bicyclic) bond motifs is 1. The van der Waals surface area contributed by atoms with Gasteiger partial charge in [-0.1, -0.05) is 19.3 Å². The predicted molar refractivity (Wildman–Crippen MR) is 75.2 cm³/mol. The number of aryl methyl sites for hydroxylation is 1. The van der Waals surface area contributed by atoms with Crippen molar-refractivity contribution in [3.8, 4) is 0 Å². The van der Waals surface area contributed by atoms with Crippen LogP contribution in [0.4, 0.5) is 0 Å². The first kappa shape index (κ1) is 13.1. The van der Waals surface area contributed by atoms with Gasteiger partial charge in [-0.3, -0.25) is 0 Å². The van der Waals surface area contributed by atoms with Crippen LogP contribution >= 0.6 is 0 Å². The van der Waals surface area contributed by atoms with Gasteiger partial charge in [-0.2, -0.15) is 0 Å². The maximum absolute atomic E-state index is 6.04. The van der Waals surface area contributed by atoms with E-state index in [0.29, 0.717) is 6.10 Å². The fourth-order valence-electron chi connectivity index (χ4n) is 3.34. The van der Waals surface area contributed by atoms with Crippen molar-refractivity contribution in [2.24, 2.45) is 0 Å². The number of aromatic nitrogens is 2. The molecule has 1 fully saturated rings. The van der Waals surface area contributed by atoms with E-state index >= 15 is 0 Å². The van der Waals surface area contributed by atoms with E-state index in [1.54, 1.807) is 0 Å². The molecule has 3 rings (SSSR count). The molecule has 1 aromatic rings. The van der Waals surface area contributed by atoms with Crippen LogP contribution in [0.25, 0.3) is 0 Å². The van der Waals surface area contributed by atoms with E-state index in [2.05, 4.69) is 21.8 Å². The van der Waals surface area contributed by atoms with E-state index in [9.17, 15) is 0 Å². The number of nitrogens with zero attached hydrogens (tertiary/aromatic N) is 2. The zero-order valence-corrected chi connectivity index (χ0v) is 12.0. The largest absolute Gasteiger partial charge is 0.376 e. The standard InChI is InChI=1S/C15H25N3O/c1-12-17-14-11-16-8-7-15(14)18(12)9-10-19-13-5-3-2-4-6-13/h13,16H,2-11H2,1H3. The second kappa shape index (κ2) is 6.06. The summed E-state index contributed by atoms with van der Waals surface area (Å²) in [7, 11) is 0. The first-order valence-electron chi connectivity index (χ1n) is 7.72. The van der Waals surface area contributed by atoms with Gasteiger partial charge in [0.1, 0.15) is 5.82 Å². The highest BCUT2D eigenvalue weighted by molar-refractivity contribution is 5.19. The molecule has 1 aliphatic heterocycles. The Morgan fingerprint density at radius 1 is 1.32 bits per heavy atom. The molecule has 0 radical (unpaired) electrons. The summed E-state index contributed by atoms with van der Waals surface area (Å²) < 4.78 is 8.40. The third kappa shape index (κ3) is 3.00. The molecule has 4 nitrogen and oxygen atoms in total. The maximum atomic E-state index is 6.04. The smallest absolute Gasteiger partial charge is 0.106 e. The molecule has 4 heteroatoms. The summed E-state index contributed by atoms with van der Waals surface area (Å²) in [5.41, 5.74) is 2.66. The summed E-state index contributed by atoms with van der Waals surface area (Å²) in [4.78, 5) is 4.66. The van der Waals surface area contributed by atoms with Crippen LogP contribution in [0.15, 0.2) is 0 Å². The van der Waals surface area contributed by atoms with Gasteiger partial charge in [-0.15, -0.1) is 0 Å². The highest BCUT2D eigenvalue weighted by Crippen LogP contribution is 2.21. The molecule has 2 aliphatic rings. The van der Waals surface area contributed by atoms with Crippen LogP contribution in [-0.2, 0) is 24.2 Å². The van der Waals surface area contributed by atoms with E-state index in [1.807, 2.05) is 0 Å². The Hall–Kier alpha value is -0.870. The van der Waals surface area contributed by atoms with Gasteiger partial charge in [0.2, 0.25) is 0 Å². The van der Waals surface area contributed by atoms with Gasteiger partial charge in [0.15, 0.2) is 0 Å². The number of ether oxygens (including phenoxy) is 1. The quantitative estimate of drug-likeness (QED) is 0.905. The lowest BCUT2D eigenvalue weighted by Crippen LogP contribution is -2.26. The van der Waals surface area contributed by atoms with E-state index in [0.717, 1.165) is 38.5 Å². The third-order valence-corrected chi connectivity index (χ3v) is 4.40. The molecule has 1 N–H and O–H groups in total. The molecule has 1 aromatic heterocycles. The number of hydrogen-bond acceptors (Lipinski definition) is 3. The molecule has 1 saturated carbocycles. The van der Waals surface area contributed by atoms with Gasteiger partial charge in [-0.25, -0.2) is 4.98 Å². The Kier molecular flexibility index (Phi) is 4.18. The van der Waals surface area contributed by atoms with Gasteiger partial charge >= 0.3 is 0 Å². The van der Waals surface area contributed by atoms with E-state index in [1.165, 1.54) is 43.5 Å². The van der Waals surface area contributed by atoms with Crippen molar-refractivity contribution in [1.29, 1.82) is 0 Å². The zero-order chi connectivity index (χ0) is 13.1. The molecule has 2 heterocycles. The molecular formula is C15H25N3O. The molecule has 1 aliphatic carbocycles. The summed E-state index contributed by atoms with van der Waals surface area (Å²) in [5.74, 6) is 1.14. The Balaban J connectivity index is 1.56. The number of imidazole rings is 1. The first-order valence-corrected chi connectivity index (χ1v) is 7.72. The Bertz CT molecular complexity index is 421. The molecule has 106 valence electrons. The minimum absolute atomic E-state index is 0.509. The van der Waals surface area contributed by atoms with E-state index < -0.39 is 0 Å². The van der Waals surface area contributed by atoms with Crippen molar-refractivity contribution in [2.45, 2.75) is 64.6 Å². The molecule has 0 spiro atoms. The Morgan fingerprint density at radius 3 is 3.00 bits per heavy atom. The summed E-state index contributed by atoms with van der Waals surface area (Å²) >= 11 is 0. The Morgan fingerprint density at radius 2 is 2.16 bits per heavy atom. The zero-order valence-electron chi connectivity index (χ0n) is 12.0. The number of nitrogens with one attached hydrogen (secondary N) is 1. The normalized spacial score (nSPS) is 20.5. The minimum atomic E-state index is 0.509. The first-order chi connectivity index (χ1) is 9.34. The van der Waals surface area contributed by atoms with Crippen LogP contribution in [0.2, 0.25) is 0 Å². The van der Waals surface area contributed by atoms with Crippen LogP contribution in [0.5, 0.6) is 0 Å². The van der Waals surface area contributed by atoms with Gasteiger partial charge < -0.3 is 14.6 Å². The molecular weight excluding hydrogens is 238 g/mol. The molecule has 19 heavy (non-hydrogen) atoms. The van der Waals surface area contributed by atoms with Crippen LogP contribution < -0.4 is 5.32 Å². The average Bonchev–Trinajstić information content (AvgIpc) is 2.76. The van der Waals surface area contributed by atoms with Crippen molar-refractivity contribution < 1.29 is 4.74 Å². The van der Waals surface area contributed by atoms with Crippen molar-refractivity contribution in [3.05, 3.63) is 17.2 Å². The van der Waals surface area contributed by atoms with Gasteiger partial charge in [0.05, 0.1) is 18.4 Å². The lowest BCUT2D eigenvalue weighted by molar-refractivity contribution is 0.0236. The lowest BCUT2D eigenvalue weighted by Gasteiger charge is -2.22. The van der Waals surface area contributed by atoms with Gasteiger partial charge in [-0.05, 0) is 19.8 Å². The molecule has 0 bridgehead atoms. The fraction of sp³-hybridized carbons (Fsp3) is 0.800. The van der Waals surface area contributed by atoms with Crippen molar-refractivity contribution in [2.75, 3.05) is 13.2 Å². The lowest BCUT2D eigenvalue weighted by atomic mass is 9.98. The van der Waals surface area contributed by atoms with Crippen LogP contribution in [0.1, 0.15) is 49.3 Å². The summed E-state index contributed by atoms with van der Waals surface area (Å²) in [5, 5.41) is 3.38. The van der Waals surface area contributed by atoms with E-state index in [-0.39, 0.29) is 0 Å². The van der Waals surface area contributed by atoms with Gasteiger partial charge in [0.25, 0.3) is 0 Å². The predicted octanol–water partition coefficient (Wildman–Crippen LogP) is 2.19. The van der Waals surface area contributed by atoms with Crippen molar-refractivity contribution in [1.82, 2.24) is 14.9 Å². The maximum Gasteiger partial charge on any atom is 0.106 e. The van der Waals surface area contributed by atoms with Crippen LogP contribution in [0, 0.1) is 6.92 Å². The third-order valence-electron chi connectivity index (χ3n) is 4.40. The topological polar surface area (TPSA) is 39.1 Å². The van der Waals surface area contributed by atoms with Crippen molar-refractivity contribution in [3.63, 3.8) is 0 Å². The monoisotopic (exact) mass is 263 g/mol. The number of hydrogen-bond donors (Lipinski definition) is 1. The SMILES string of the molecule is Cc1nc2c(n1CCOC1CCCCC1)CCNC2. The summed E-state index contributed by atoms with van der Waals surface area (Å²) in [6, 6.07) is 0. The van der Waals surface area contributed by atoms with E-state index in [4.69, 9.17) is 4.74 Å². The second-order valence-electron chi connectivity index (χ2n) is 5.76.